The summed E-state index contributed by atoms with van der Waals surface area (Å²) in [4.78, 5) is 0. The second kappa shape index (κ2) is 6.46. The number of hydrogen-bond acceptors (Lipinski definition) is 4. The van der Waals surface area contributed by atoms with Crippen LogP contribution in [0, 0.1) is 5.92 Å². The minimum absolute atomic E-state index is 0.234. The van der Waals surface area contributed by atoms with Crippen LogP contribution in [0.15, 0.2) is 28.0 Å². The second-order valence-corrected chi connectivity index (χ2v) is 4.21. The Morgan fingerprint density at radius 3 is 2.74 bits per heavy atom. The molecule has 8 heteroatoms. The van der Waals surface area contributed by atoms with Crippen molar-refractivity contribution in [3.8, 4) is 0 Å². The molecular formula is C11H16F3N3O2. The summed E-state index contributed by atoms with van der Waals surface area (Å²) in [5.74, 6) is -2.20. The summed E-state index contributed by atoms with van der Waals surface area (Å²) in [5, 5.41) is 13.5. The Morgan fingerprint density at radius 1 is 1.58 bits per heavy atom. The number of amidine groups is 1. The van der Waals surface area contributed by atoms with Crippen LogP contribution in [0.25, 0.3) is 0 Å². The number of nitrogens with two attached hydrogens (primary N) is 1. The van der Waals surface area contributed by atoms with E-state index in [-0.39, 0.29) is 6.04 Å². The highest BCUT2D eigenvalue weighted by Crippen LogP contribution is 2.26. The first-order valence-electron chi connectivity index (χ1n) is 5.64. The highest BCUT2D eigenvalue weighted by Gasteiger charge is 2.42. The molecule has 0 saturated heterocycles. The molecule has 0 aliphatic carbocycles. The Kier molecular flexibility index (Phi) is 5.22. The van der Waals surface area contributed by atoms with E-state index in [1.165, 1.54) is 6.26 Å². The van der Waals surface area contributed by atoms with Crippen molar-refractivity contribution in [2.45, 2.75) is 25.6 Å². The molecule has 1 aromatic rings. The van der Waals surface area contributed by atoms with E-state index < -0.39 is 24.5 Å². The summed E-state index contributed by atoms with van der Waals surface area (Å²) in [6.07, 6.45) is -2.61. The van der Waals surface area contributed by atoms with Gasteiger partial charge >= 0.3 is 6.18 Å². The number of oxime groups is 1. The zero-order valence-corrected chi connectivity index (χ0v) is 10.3. The maximum absolute atomic E-state index is 12.7. The second-order valence-electron chi connectivity index (χ2n) is 4.21. The van der Waals surface area contributed by atoms with E-state index >= 15 is 0 Å². The standard InChI is InChI=1S/C11H16F3N3O2/c1-7(5-8-3-2-4-19-8)16-6-9(10(15)17-18)11(12,13)14/h2-4,7,9,16,18H,5-6H2,1H3,(H2,15,17). The normalized spacial score (nSPS) is 16.3. The van der Waals surface area contributed by atoms with Crippen LogP contribution in [-0.2, 0) is 6.42 Å². The summed E-state index contributed by atoms with van der Waals surface area (Å²) in [6, 6.07) is 3.21. The largest absolute Gasteiger partial charge is 0.469 e. The van der Waals surface area contributed by atoms with E-state index in [0.29, 0.717) is 12.2 Å². The van der Waals surface area contributed by atoms with Gasteiger partial charge in [0.15, 0.2) is 5.84 Å². The van der Waals surface area contributed by atoms with E-state index in [0.717, 1.165) is 0 Å². The van der Waals surface area contributed by atoms with E-state index in [4.69, 9.17) is 15.4 Å². The van der Waals surface area contributed by atoms with Crippen molar-refractivity contribution < 1.29 is 22.8 Å². The molecule has 0 aliphatic heterocycles. The van der Waals surface area contributed by atoms with Crippen molar-refractivity contribution in [1.82, 2.24) is 5.32 Å². The highest BCUT2D eigenvalue weighted by molar-refractivity contribution is 5.83. The van der Waals surface area contributed by atoms with Crippen LogP contribution in [0.3, 0.4) is 0 Å². The zero-order chi connectivity index (χ0) is 14.5. The SMILES string of the molecule is CC(Cc1ccco1)NCC(/C(N)=N/O)C(F)(F)F. The predicted molar refractivity (Wildman–Crippen MR) is 62.8 cm³/mol. The molecule has 1 heterocycles. The van der Waals surface area contributed by atoms with E-state index in [1.807, 2.05) is 0 Å². The molecule has 4 N–H and O–H groups in total. The lowest BCUT2D eigenvalue weighted by Gasteiger charge is -2.21. The first-order valence-corrected chi connectivity index (χ1v) is 5.64. The van der Waals surface area contributed by atoms with E-state index in [9.17, 15) is 13.2 Å². The topological polar surface area (TPSA) is 83.8 Å². The molecule has 0 aromatic carbocycles. The lowest BCUT2D eigenvalue weighted by molar-refractivity contribution is -0.155. The third-order valence-corrected chi connectivity index (χ3v) is 2.63. The smallest absolute Gasteiger partial charge is 0.400 e. The number of hydrogen-bond donors (Lipinski definition) is 3. The minimum Gasteiger partial charge on any atom is -0.469 e. The van der Waals surface area contributed by atoms with Gasteiger partial charge in [0.1, 0.15) is 11.7 Å². The Bertz CT molecular complexity index is 404. The summed E-state index contributed by atoms with van der Waals surface area (Å²) < 4.78 is 43.1. The van der Waals surface area contributed by atoms with Crippen LogP contribution in [0.2, 0.25) is 0 Å². The summed E-state index contributed by atoms with van der Waals surface area (Å²) in [5.41, 5.74) is 5.05. The van der Waals surface area contributed by atoms with Crippen molar-refractivity contribution in [2.75, 3.05) is 6.54 Å². The van der Waals surface area contributed by atoms with Gasteiger partial charge in [-0.05, 0) is 19.1 Å². The molecule has 2 atom stereocenters. The van der Waals surface area contributed by atoms with Crippen LogP contribution >= 0.6 is 0 Å². The van der Waals surface area contributed by atoms with Gasteiger partial charge in [-0.1, -0.05) is 5.16 Å². The quantitative estimate of drug-likeness (QED) is 0.320. The number of nitrogens with one attached hydrogen (secondary N) is 1. The molecule has 108 valence electrons. The van der Waals surface area contributed by atoms with Crippen LogP contribution in [0.5, 0.6) is 0 Å². The van der Waals surface area contributed by atoms with Gasteiger partial charge in [-0.15, -0.1) is 0 Å². The summed E-state index contributed by atoms with van der Waals surface area (Å²) in [6.45, 7) is 1.27. The molecule has 0 aliphatic rings. The van der Waals surface area contributed by atoms with Crippen LogP contribution in [-0.4, -0.2) is 29.8 Å². The van der Waals surface area contributed by atoms with E-state index in [1.54, 1.807) is 19.1 Å². The molecule has 2 unspecified atom stereocenters. The van der Waals surface area contributed by atoms with Crippen molar-refractivity contribution in [3.63, 3.8) is 0 Å². The fourth-order valence-electron chi connectivity index (χ4n) is 1.58. The Hall–Kier alpha value is -1.70. The van der Waals surface area contributed by atoms with Gasteiger partial charge in [0.05, 0.1) is 6.26 Å². The van der Waals surface area contributed by atoms with Crippen molar-refractivity contribution in [1.29, 1.82) is 0 Å². The Labute approximate surface area is 108 Å². The minimum atomic E-state index is -4.56. The fourth-order valence-corrected chi connectivity index (χ4v) is 1.58. The van der Waals surface area contributed by atoms with Gasteiger partial charge in [0.25, 0.3) is 0 Å². The summed E-state index contributed by atoms with van der Waals surface area (Å²) >= 11 is 0. The van der Waals surface area contributed by atoms with Gasteiger partial charge in [-0.3, -0.25) is 0 Å². The third kappa shape index (κ3) is 4.82. The van der Waals surface area contributed by atoms with Crippen LogP contribution in [0.1, 0.15) is 12.7 Å². The number of furan rings is 1. The average Bonchev–Trinajstić information content (AvgIpc) is 2.79. The van der Waals surface area contributed by atoms with Crippen LogP contribution < -0.4 is 11.1 Å². The summed E-state index contributed by atoms with van der Waals surface area (Å²) in [7, 11) is 0. The van der Waals surface area contributed by atoms with Crippen molar-refractivity contribution >= 4 is 5.84 Å². The lowest BCUT2D eigenvalue weighted by atomic mass is 10.1. The molecule has 5 nitrogen and oxygen atoms in total. The van der Waals surface area contributed by atoms with Gasteiger partial charge in [-0.25, -0.2) is 0 Å². The van der Waals surface area contributed by atoms with Gasteiger partial charge in [0, 0.05) is 19.0 Å². The van der Waals surface area contributed by atoms with Gasteiger partial charge < -0.3 is 20.7 Å². The molecule has 0 bridgehead atoms. The predicted octanol–water partition coefficient (Wildman–Crippen LogP) is 1.73. The molecule has 0 saturated carbocycles. The van der Waals surface area contributed by atoms with Gasteiger partial charge in [-0.2, -0.15) is 13.2 Å². The molecule has 0 spiro atoms. The fraction of sp³-hybridized carbons (Fsp3) is 0.545. The van der Waals surface area contributed by atoms with Crippen molar-refractivity contribution in [3.05, 3.63) is 24.2 Å². The number of rotatable bonds is 6. The van der Waals surface area contributed by atoms with Crippen molar-refractivity contribution in [2.24, 2.45) is 16.8 Å². The molecular weight excluding hydrogens is 263 g/mol. The first kappa shape index (κ1) is 15.4. The molecule has 0 fully saturated rings. The lowest BCUT2D eigenvalue weighted by Crippen LogP contribution is -2.45. The monoisotopic (exact) mass is 279 g/mol. The maximum atomic E-state index is 12.7. The zero-order valence-electron chi connectivity index (χ0n) is 10.3. The van der Waals surface area contributed by atoms with Gasteiger partial charge in [0.2, 0.25) is 0 Å². The first-order chi connectivity index (χ1) is 8.84. The molecule has 1 aromatic heterocycles. The number of nitrogens with zero attached hydrogens (tertiary/aromatic N) is 1. The molecule has 19 heavy (non-hydrogen) atoms. The van der Waals surface area contributed by atoms with E-state index in [2.05, 4.69) is 10.5 Å². The Balaban J connectivity index is 2.52. The maximum Gasteiger partial charge on any atom is 0.400 e. The number of alkyl halides is 3. The Morgan fingerprint density at radius 2 is 2.26 bits per heavy atom. The van der Waals surface area contributed by atoms with Crippen LogP contribution in [0.4, 0.5) is 13.2 Å². The molecule has 0 amide bonds. The highest BCUT2D eigenvalue weighted by atomic mass is 19.4. The number of halogens is 3. The molecule has 1 rings (SSSR count). The third-order valence-electron chi connectivity index (χ3n) is 2.63. The average molecular weight is 279 g/mol. The molecule has 0 radical (unpaired) electrons.